The van der Waals surface area contributed by atoms with E-state index in [1.807, 2.05) is 13.8 Å². The van der Waals surface area contributed by atoms with E-state index in [0.717, 1.165) is 10.9 Å². The highest BCUT2D eigenvalue weighted by Gasteiger charge is 2.06. The molecule has 0 unspecified atom stereocenters. The molecule has 2 radical (unpaired) electrons. The lowest BCUT2D eigenvalue weighted by Crippen LogP contribution is -1.94. The molecule has 0 spiro atoms. The fraction of sp³-hybridized carbons (Fsp3) is 0.182. The van der Waals surface area contributed by atoms with Gasteiger partial charge in [-0.1, -0.05) is 31.5 Å². The van der Waals surface area contributed by atoms with Gasteiger partial charge in [0.15, 0.2) is 7.85 Å². The maximum atomic E-state index is 10.9. The molecule has 1 aromatic heterocycles. The van der Waals surface area contributed by atoms with Crippen LogP contribution in [0.5, 0.6) is 0 Å². The molecule has 0 saturated carbocycles. The SMILES string of the molecule is CC.[B]C(=O)c1c[nH]c2cc(Cl)ccc12. The first-order valence-electron chi connectivity index (χ1n) is 4.75. The fourth-order valence-corrected chi connectivity index (χ4v) is 1.47. The summed E-state index contributed by atoms with van der Waals surface area (Å²) in [6, 6.07) is 5.25. The van der Waals surface area contributed by atoms with Crippen LogP contribution < -0.4 is 0 Å². The highest BCUT2D eigenvalue weighted by Crippen LogP contribution is 2.21. The maximum absolute atomic E-state index is 10.9. The fourth-order valence-electron chi connectivity index (χ4n) is 1.30. The summed E-state index contributed by atoms with van der Waals surface area (Å²) in [7, 11) is 5.17. The van der Waals surface area contributed by atoms with Gasteiger partial charge in [-0.15, -0.1) is 0 Å². The molecule has 2 rings (SSSR count). The average Bonchev–Trinajstić information content (AvgIpc) is 2.63. The normalized spacial score (nSPS) is 9.53. The number of nitrogens with one attached hydrogen (secondary N) is 1. The standard InChI is InChI=1S/C9H5BClNO.C2H6/c10-9(13)7-4-12-8-3-5(11)1-2-6(7)8;1-2/h1-4,12H;1-2H3. The van der Waals surface area contributed by atoms with Crippen molar-refractivity contribution in [2.24, 2.45) is 0 Å². The Morgan fingerprint density at radius 3 is 2.67 bits per heavy atom. The molecule has 1 aromatic carbocycles. The topological polar surface area (TPSA) is 32.9 Å². The van der Waals surface area contributed by atoms with Crippen LogP contribution in [0.4, 0.5) is 0 Å². The third-order valence-corrected chi connectivity index (χ3v) is 2.14. The molecular formula is C11H11BClNO. The van der Waals surface area contributed by atoms with Crippen molar-refractivity contribution < 1.29 is 4.79 Å². The van der Waals surface area contributed by atoms with Crippen LogP contribution in [0.2, 0.25) is 5.02 Å². The Bertz CT molecular complexity index is 478. The van der Waals surface area contributed by atoms with Crippen molar-refractivity contribution in [1.29, 1.82) is 0 Å². The van der Waals surface area contributed by atoms with Crippen molar-refractivity contribution in [3.63, 3.8) is 0 Å². The zero-order valence-electron chi connectivity index (χ0n) is 8.67. The summed E-state index contributed by atoms with van der Waals surface area (Å²) in [6.45, 7) is 4.00. The van der Waals surface area contributed by atoms with Crippen LogP contribution >= 0.6 is 11.6 Å². The number of hydrogen-bond acceptors (Lipinski definition) is 1. The van der Waals surface area contributed by atoms with Crippen LogP contribution in [0.1, 0.15) is 24.2 Å². The molecule has 1 heterocycles. The van der Waals surface area contributed by atoms with Gasteiger partial charge < -0.3 is 9.78 Å². The molecule has 0 amide bonds. The average molecular weight is 219 g/mol. The first-order valence-corrected chi connectivity index (χ1v) is 5.13. The first-order chi connectivity index (χ1) is 7.18. The monoisotopic (exact) mass is 219 g/mol. The minimum absolute atomic E-state index is 0.437. The molecule has 1 N–H and O–H groups in total. The van der Waals surface area contributed by atoms with Gasteiger partial charge >= 0.3 is 0 Å². The molecule has 0 fully saturated rings. The summed E-state index contributed by atoms with van der Waals surface area (Å²) in [4.78, 5) is 13.9. The largest absolute Gasteiger partial charge is 0.360 e. The van der Waals surface area contributed by atoms with Crippen molar-refractivity contribution in [2.75, 3.05) is 0 Å². The third-order valence-electron chi connectivity index (χ3n) is 1.91. The molecular weight excluding hydrogens is 208 g/mol. The number of carbonyl (C=O) groups is 1. The Balaban J connectivity index is 0.000000531. The minimum atomic E-state index is -0.437. The Kier molecular flexibility index (Phi) is 3.98. The molecule has 0 saturated heterocycles. The molecule has 15 heavy (non-hydrogen) atoms. The molecule has 0 aliphatic carbocycles. The molecule has 0 aliphatic heterocycles. The van der Waals surface area contributed by atoms with Crippen molar-refractivity contribution in [3.05, 3.63) is 35.0 Å². The van der Waals surface area contributed by atoms with E-state index in [-0.39, 0.29) is 0 Å². The molecule has 0 atom stereocenters. The minimum Gasteiger partial charge on any atom is -0.360 e. The van der Waals surface area contributed by atoms with Crippen LogP contribution in [0.15, 0.2) is 24.4 Å². The highest BCUT2D eigenvalue weighted by atomic mass is 35.5. The van der Waals surface area contributed by atoms with Gasteiger partial charge in [0.1, 0.15) is 5.68 Å². The smallest absolute Gasteiger partial charge is 0.175 e. The second kappa shape index (κ2) is 5.03. The lowest BCUT2D eigenvalue weighted by Gasteiger charge is -1.93. The Morgan fingerprint density at radius 1 is 1.40 bits per heavy atom. The zero-order valence-corrected chi connectivity index (χ0v) is 9.43. The lowest BCUT2D eigenvalue weighted by atomic mass is 9.95. The molecule has 2 aromatic rings. The molecule has 4 heteroatoms. The van der Waals surface area contributed by atoms with E-state index < -0.39 is 5.68 Å². The predicted molar refractivity (Wildman–Crippen MR) is 64.7 cm³/mol. The quantitative estimate of drug-likeness (QED) is 0.734. The second-order valence-corrected chi connectivity index (χ2v) is 3.19. The number of H-pyrrole nitrogens is 1. The molecule has 76 valence electrons. The van der Waals surface area contributed by atoms with Gasteiger partial charge in [-0.05, 0) is 12.1 Å². The summed E-state index contributed by atoms with van der Waals surface area (Å²) >= 11 is 5.77. The number of fused-ring (bicyclic) bond motifs is 1. The highest BCUT2D eigenvalue weighted by molar-refractivity contribution is 6.63. The van der Waals surface area contributed by atoms with Gasteiger partial charge in [0.05, 0.1) is 0 Å². The number of aromatic amines is 1. The summed E-state index contributed by atoms with van der Waals surface area (Å²) in [5.74, 6) is 0. The van der Waals surface area contributed by atoms with Crippen LogP contribution in [0.25, 0.3) is 10.9 Å². The number of benzene rings is 1. The zero-order chi connectivity index (χ0) is 11.4. The van der Waals surface area contributed by atoms with Gasteiger partial charge in [0, 0.05) is 27.7 Å². The molecule has 0 aliphatic rings. The van der Waals surface area contributed by atoms with E-state index in [9.17, 15) is 4.79 Å². The summed E-state index contributed by atoms with van der Waals surface area (Å²) in [5.41, 5.74) is 0.876. The van der Waals surface area contributed by atoms with E-state index >= 15 is 0 Å². The third kappa shape index (κ3) is 2.42. The van der Waals surface area contributed by atoms with Crippen molar-refractivity contribution in [3.8, 4) is 0 Å². The van der Waals surface area contributed by atoms with Gasteiger partial charge in [0.25, 0.3) is 0 Å². The van der Waals surface area contributed by atoms with Gasteiger partial charge in [-0.2, -0.15) is 0 Å². The van der Waals surface area contributed by atoms with E-state index in [1.54, 1.807) is 24.4 Å². The van der Waals surface area contributed by atoms with E-state index in [1.165, 1.54) is 0 Å². The van der Waals surface area contributed by atoms with Crippen molar-refractivity contribution in [1.82, 2.24) is 4.98 Å². The van der Waals surface area contributed by atoms with E-state index in [0.29, 0.717) is 10.6 Å². The van der Waals surface area contributed by atoms with Gasteiger partial charge in [-0.25, -0.2) is 0 Å². The maximum Gasteiger partial charge on any atom is 0.175 e. The van der Waals surface area contributed by atoms with Crippen LogP contribution in [-0.4, -0.2) is 18.5 Å². The van der Waals surface area contributed by atoms with Gasteiger partial charge in [-0.3, -0.25) is 0 Å². The first kappa shape index (κ1) is 11.9. The Hall–Kier alpha value is -1.22. The molecule has 2 nitrogen and oxygen atoms in total. The van der Waals surface area contributed by atoms with Gasteiger partial charge in [0.2, 0.25) is 0 Å². The number of carbonyl (C=O) groups excluding carboxylic acids is 1. The van der Waals surface area contributed by atoms with Crippen LogP contribution in [0, 0.1) is 0 Å². The van der Waals surface area contributed by atoms with Crippen molar-refractivity contribution in [2.45, 2.75) is 13.8 Å². The number of aromatic nitrogens is 1. The number of rotatable bonds is 1. The Morgan fingerprint density at radius 2 is 2.07 bits per heavy atom. The Labute approximate surface area is 95.0 Å². The molecule has 0 bridgehead atoms. The van der Waals surface area contributed by atoms with Crippen molar-refractivity contribution >= 4 is 36.0 Å². The number of halogens is 1. The summed E-state index contributed by atoms with van der Waals surface area (Å²) in [6.07, 6.45) is 1.59. The van der Waals surface area contributed by atoms with Crippen LogP contribution in [0.3, 0.4) is 0 Å². The summed E-state index contributed by atoms with van der Waals surface area (Å²) in [5, 5.41) is 1.43. The summed E-state index contributed by atoms with van der Waals surface area (Å²) < 4.78 is 0. The van der Waals surface area contributed by atoms with E-state index in [4.69, 9.17) is 19.4 Å². The van der Waals surface area contributed by atoms with Crippen LogP contribution in [-0.2, 0) is 0 Å². The number of hydrogen-bond donors (Lipinski definition) is 1. The lowest BCUT2D eigenvalue weighted by molar-refractivity contribution is 0.108. The van der Waals surface area contributed by atoms with E-state index in [2.05, 4.69) is 4.98 Å². The second-order valence-electron chi connectivity index (χ2n) is 2.76. The predicted octanol–water partition coefficient (Wildman–Crippen LogP) is 3.16.